The number of hydrogen-bond acceptors (Lipinski definition) is 9. The number of sulfonamides is 1. The second-order valence-corrected chi connectivity index (χ2v) is 10.4. The molecule has 0 bridgehead atoms. The maximum atomic E-state index is 12.6. The molecule has 0 saturated carbocycles. The molecule has 13 heteroatoms. The molecule has 11 nitrogen and oxygen atoms in total. The van der Waals surface area contributed by atoms with Crippen LogP contribution < -0.4 is 19.5 Å². The molecule has 2 N–H and O–H groups in total. The monoisotopic (exact) mass is 542 g/mol. The summed E-state index contributed by atoms with van der Waals surface area (Å²) in [5.74, 6) is 1.61. The van der Waals surface area contributed by atoms with E-state index in [1.165, 1.54) is 31.0 Å². The number of anilines is 1. The number of fused-ring (bicyclic) bond motifs is 1. The first-order chi connectivity index (χ1) is 17.9. The van der Waals surface area contributed by atoms with Gasteiger partial charge in [0.1, 0.15) is 16.5 Å². The zero-order valence-corrected chi connectivity index (χ0v) is 21.9. The number of rotatable bonds is 12. The van der Waals surface area contributed by atoms with Crippen LogP contribution in [0.1, 0.15) is 12.7 Å². The first-order valence-corrected chi connectivity index (χ1v) is 13.9. The summed E-state index contributed by atoms with van der Waals surface area (Å²) in [6.07, 6.45) is 0.270. The average molecular weight is 543 g/mol. The molecule has 0 spiro atoms. The SMILES string of the molecule is CCOc1ccccc1NC(=O)CSc1ccc2nnc(CCNS(=O)(=O)c3ccc(OC)cc3)n2n1. The highest BCUT2D eigenvalue weighted by atomic mass is 32.2. The third-order valence-corrected chi connectivity index (χ3v) is 7.52. The zero-order chi connectivity index (χ0) is 26.3. The van der Waals surface area contributed by atoms with Crippen molar-refractivity contribution >= 4 is 39.0 Å². The molecule has 0 aliphatic rings. The lowest BCUT2D eigenvalue weighted by atomic mass is 10.3. The lowest BCUT2D eigenvalue weighted by molar-refractivity contribution is -0.113. The zero-order valence-electron chi connectivity index (χ0n) is 20.2. The van der Waals surface area contributed by atoms with Crippen molar-refractivity contribution in [3.63, 3.8) is 0 Å². The topological polar surface area (TPSA) is 137 Å². The van der Waals surface area contributed by atoms with E-state index in [9.17, 15) is 13.2 Å². The molecule has 0 aliphatic carbocycles. The molecule has 0 aliphatic heterocycles. The van der Waals surface area contributed by atoms with Gasteiger partial charge in [0.15, 0.2) is 11.5 Å². The van der Waals surface area contributed by atoms with Crippen LogP contribution in [0.2, 0.25) is 0 Å². The van der Waals surface area contributed by atoms with E-state index in [2.05, 4.69) is 25.3 Å². The summed E-state index contributed by atoms with van der Waals surface area (Å²) in [7, 11) is -2.18. The minimum atomic E-state index is -3.69. The molecular formula is C24H26N6O5S2. The van der Waals surface area contributed by atoms with Gasteiger partial charge in [-0.15, -0.1) is 10.2 Å². The van der Waals surface area contributed by atoms with E-state index < -0.39 is 10.0 Å². The van der Waals surface area contributed by atoms with Gasteiger partial charge in [0.05, 0.1) is 30.1 Å². The Morgan fingerprint density at radius 1 is 1.05 bits per heavy atom. The highest BCUT2D eigenvalue weighted by molar-refractivity contribution is 7.99. The van der Waals surface area contributed by atoms with Crippen molar-refractivity contribution in [3.05, 3.63) is 66.5 Å². The van der Waals surface area contributed by atoms with Gasteiger partial charge in [-0.3, -0.25) is 4.79 Å². The van der Waals surface area contributed by atoms with Crippen LogP contribution in [0.5, 0.6) is 11.5 Å². The van der Waals surface area contributed by atoms with E-state index in [0.29, 0.717) is 40.3 Å². The van der Waals surface area contributed by atoms with Crippen LogP contribution in [0, 0.1) is 0 Å². The van der Waals surface area contributed by atoms with E-state index >= 15 is 0 Å². The van der Waals surface area contributed by atoms with Crippen molar-refractivity contribution in [1.29, 1.82) is 0 Å². The predicted molar refractivity (Wildman–Crippen MR) is 140 cm³/mol. The molecule has 0 saturated heterocycles. The Balaban J connectivity index is 1.35. The van der Waals surface area contributed by atoms with Gasteiger partial charge in [-0.1, -0.05) is 23.9 Å². The number of para-hydroxylation sites is 2. The Labute approximate surface area is 218 Å². The van der Waals surface area contributed by atoms with E-state index in [4.69, 9.17) is 9.47 Å². The van der Waals surface area contributed by atoms with E-state index in [-0.39, 0.29) is 29.5 Å². The van der Waals surface area contributed by atoms with Crippen molar-refractivity contribution in [1.82, 2.24) is 24.5 Å². The number of hydrogen-bond donors (Lipinski definition) is 2. The Bertz CT molecular complexity index is 1470. The van der Waals surface area contributed by atoms with Crippen molar-refractivity contribution < 1.29 is 22.7 Å². The van der Waals surface area contributed by atoms with Crippen molar-refractivity contribution in [2.45, 2.75) is 23.3 Å². The standard InChI is InChI=1S/C24H26N6O5S2/c1-3-35-20-7-5-4-6-19(20)26-23(31)16-36-24-13-12-21-27-28-22(30(21)29-24)14-15-25-37(32,33)18-10-8-17(34-2)9-11-18/h4-13,25H,3,14-16H2,1-2H3,(H,26,31). The number of nitrogens with zero attached hydrogens (tertiary/aromatic N) is 4. The number of ether oxygens (including phenoxy) is 2. The summed E-state index contributed by atoms with van der Waals surface area (Å²) in [5, 5.41) is 16.2. The molecule has 4 aromatic rings. The Morgan fingerprint density at radius 3 is 2.59 bits per heavy atom. The molecule has 37 heavy (non-hydrogen) atoms. The van der Waals surface area contributed by atoms with Crippen molar-refractivity contribution in [3.8, 4) is 11.5 Å². The van der Waals surface area contributed by atoms with Crippen LogP contribution in [0.3, 0.4) is 0 Å². The quantitative estimate of drug-likeness (QED) is 0.259. The van der Waals surface area contributed by atoms with Gasteiger partial charge >= 0.3 is 0 Å². The fourth-order valence-corrected chi connectivity index (χ4v) is 5.05. The van der Waals surface area contributed by atoms with Crippen LogP contribution >= 0.6 is 11.8 Å². The highest BCUT2D eigenvalue weighted by Gasteiger charge is 2.15. The molecule has 0 unspecified atom stereocenters. The largest absolute Gasteiger partial charge is 0.497 e. The van der Waals surface area contributed by atoms with Gasteiger partial charge in [-0.05, 0) is 55.5 Å². The van der Waals surface area contributed by atoms with E-state index in [1.54, 1.807) is 40.9 Å². The fourth-order valence-electron chi connectivity index (χ4n) is 3.36. The van der Waals surface area contributed by atoms with Crippen LogP contribution in [0.15, 0.2) is 70.6 Å². The van der Waals surface area contributed by atoms with Gasteiger partial charge < -0.3 is 14.8 Å². The summed E-state index contributed by atoms with van der Waals surface area (Å²) in [6.45, 7) is 2.48. The van der Waals surface area contributed by atoms with E-state index in [0.717, 1.165) is 0 Å². The molecule has 4 rings (SSSR count). The molecule has 194 valence electrons. The molecule has 2 aromatic heterocycles. The number of nitrogens with one attached hydrogen (secondary N) is 2. The second kappa shape index (κ2) is 12.0. The maximum absolute atomic E-state index is 12.6. The van der Waals surface area contributed by atoms with E-state index in [1.807, 2.05) is 19.1 Å². The lowest BCUT2D eigenvalue weighted by Gasteiger charge is -2.11. The summed E-state index contributed by atoms with van der Waals surface area (Å²) < 4.78 is 39.8. The van der Waals surface area contributed by atoms with Crippen LogP contribution in [0.4, 0.5) is 5.69 Å². The third-order valence-electron chi connectivity index (χ3n) is 5.13. The number of carbonyl (C=O) groups excluding carboxylic acids is 1. The first kappa shape index (κ1) is 26.4. The molecule has 2 aromatic carbocycles. The maximum Gasteiger partial charge on any atom is 0.240 e. The molecule has 0 radical (unpaired) electrons. The lowest BCUT2D eigenvalue weighted by Crippen LogP contribution is -2.26. The molecule has 0 fully saturated rings. The Morgan fingerprint density at radius 2 is 1.84 bits per heavy atom. The Kier molecular flexibility index (Phi) is 8.58. The van der Waals surface area contributed by atoms with Gasteiger partial charge in [-0.2, -0.15) is 9.61 Å². The summed E-state index contributed by atoms with van der Waals surface area (Å²) in [6, 6.07) is 16.9. The minimum Gasteiger partial charge on any atom is -0.497 e. The number of benzene rings is 2. The summed E-state index contributed by atoms with van der Waals surface area (Å²) >= 11 is 1.26. The highest BCUT2D eigenvalue weighted by Crippen LogP contribution is 2.24. The average Bonchev–Trinajstić information content (AvgIpc) is 3.31. The number of methoxy groups -OCH3 is 1. The minimum absolute atomic E-state index is 0.107. The number of aromatic nitrogens is 4. The van der Waals surface area contributed by atoms with Crippen molar-refractivity contribution in [2.24, 2.45) is 0 Å². The number of thioether (sulfide) groups is 1. The molecular weight excluding hydrogens is 516 g/mol. The smallest absolute Gasteiger partial charge is 0.240 e. The van der Waals surface area contributed by atoms with Gasteiger partial charge in [0.2, 0.25) is 15.9 Å². The number of amides is 1. The normalized spacial score (nSPS) is 11.4. The van der Waals surface area contributed by atoms with Crippen molar-refractivity contribution in [2.75, 3.05) is 31.3 Å². The summed E-state index contributed by atoms with van der Waals surface area (Å²) in [4.78, 5) is 12.6. The van der Waals surface area contributed by atoms with Gasteiger partial charge in [-0.25, -0.2) is 13.1 Å². The predicted octanol–water partition coefficient (Wildman–Crippen LogP) is 2.78. The Hall–Kier alpha value is -3.68. The van der Waals surface area contributed by atoms with Gasteiger partial charge in [0, 0.05) is 13.0 Å². The van der Waals surface area contributed by atoms with Crippen LogP contribution in [-0.2, 0) is 21.2 Å². The second-order valence-electron chi connectivity index (χ2n) is 7.65. The van der Waals surface area contributed by atoms with Crippen LogP contribution in [-0.4, -0.2) is 60.2 Å². The number of carbonyl (C=O) groups is 1. The molecule has 0 atom stereocenters. The van der Waals surface area contributed by atoms with Gasteiger partial charge in [0.25, 0.3) is 0 Å². The first-order valence-electron chi connectivity index (χ1n) is 11.4. The third kappa shape index (κ3) is 6.76. The molecule has 1 amide bonds. The fraction of sp³-hybridized carbons (Fsp3) is 0.250. The molecule has 2 heterocycles. The van der Waals surface area contributed by atoms with Crippen LogP contribution in [0.25, 0.3) is 5.65 Å². The summed E-state index contributed by atoms with van der Waals surface area (Å²) in [5.41, 5.74) is 1.13.